The van der Waals surface area contributed by atoms with E-state index < -0.39 is 0 Å². The second-order valence-electron chi connectivity index (χ2n) is 5.75. The second-order valence-corrected chi connectivity index (χ2v) is 6.61. The van der Waals surface area contributed by atoms with Crippen molar-refractivity contribution < 1.29 is 0 Å². The van der Waals surface area contributed by atoms with Crippen LogP contribution in [0.2, 0.25) is 0 Å². The van der Waals surface area contributed by atoms with Crippen LogP contribution in [-0.4, -0.2) is 9.97 Å². The van der Waals surface area contributed by atoms with Gasteiger partial charge in [0.2, 0.25) is 0 Å². The first-order valence-corrected chi connectivity index (χ1v) is 7.94. The Labute approximate surface area is 127 Å². The molecule has 3 rings (SSSR count). The normalized spacial score (nSPS) is 11.5. The molecule has 2 heterocycles. The largest absolute Gasteiger partial charge is 0.310 e. The number of aromatic amines is 1. The molecule has 1 N–H and O–H groups in total. The molecular formula is C17H18N2OS. The Morgan fingerprint density at radius 3 is 2.62 bits per heavy atom. The van der Waals surface area contributed by atoms with E-state index in [4.69, 9.17) is 0 Å². The Balaban J connectivity index is 2.28. The highest BCUT2D eigenvalue weighted by molar-refractivity contribution is 7.17. The molecule has 2 aromatic heterocycles. The fourth-order valence-corrected chi connectivity index (χ4v) is 3.50. The quantitative estimate of drug-likeness (QED) is 0.762. The minimum atomic E-state index is -0.0417. The summed E-state index contributed by atoms with van der Waals surface area (Å²) in [6.07, 6.45) is 0. The zero-order valence-electron chi connectivity index (χ0n) is 12.7. The van der Waals surface area contributed by atoms with Crippen molar-refractivity contribution in [2.24, 2.45) is 0 Å². The average molecular weight is 298 g/mol. The molecule has 21 heavy (non-hydrogen) atoms. The maximum absolute atomic E-state index is 12.4. The highest BCUT2D eigenvalue weighted by Crippen LogP contribution is 2.33. The van der Waals surface area contributed by atoms with Crippen molar-refractivity contribution in [3.8, 4) is 11.1 Å². The van der Waals surface area contributed by atoms with Crippen LogP contribution >= 0.6 is 11.3 Å². The number of aromatic nitrogens is 2. The molecule has 0 spiro atoms. The zero-order valence-corrected chi connectivity index (χ0v) is 13.5. The van der Waals surface area contributed by atoms with Crippen molar-refractivity contribution in [3.63, 3.8) is 0 Å². The lowest BCUT2D eigenvalue weighted by Gasteiger charge is -2.07. The predicted octanol–water partition coefficient (Wildman–Crippen LogP) is 4.39. The summed E-state index contributed by atoms with van der Waals surface area (Å²) in [5.74, 6) is 0.968. The smallest absolute Gasteiger partial charge is 0.260 e. The number of H-pyrrole nitrogens is 1. The van der Waals surface area contributed by atoms with Crippen molar-refractivity contribution in [3.05, 3.63) is 50.9 Å². The summed E-state index contributed by atoms with van der Waals surface area (Å²) in [6.45, 7) is 8.22. The fraction of sp³-hybridized carbons (Fsp3) is 0.294. The number of aryl methyl sites for hydroxylation is 2. The van der Waals surface area contributed by atoms with Crippen molar-refractivity contribution >= 4 is 21.6 Å². The highest BCUT2D eigenvalue weighted by Gasteiger charge is 2.15. The molecule has 0 aliphatic carbocycles. The molecule has 0 saturated heterocycles. The standard InChI is InChI=1S/C17H18N2OS/c1-9(2)15-18-16(20)14-13(8-21-17(14)19-15)12-6-5-10(3)7-11(12)4/h5-9H,1-4H3,(H,18,19,20). The van der Waals surface area contributed by atoms with Crippen molar-refractivity contribution in [2.45, 2.75) is 33.6 Å². The summed E-state index contributed by atoms with van der Waals surface area (Å²) in [6, 6.07) is 6.31. The van der Waals surface area contributed by atoms with Gasteiger partial charge in [-0.1, -0.05) is 37.6 Å². The van der Waals surface area contributed by atoms with Gasteiger partial charge < -0.3 is 4.98 Å². The van der Waals surface area contributed by atoms with Crippen LogP contribution < -0.4 is 5.56 Å². The van der Waals surface area contributed by atoms with Gasteiger partial charge >= 0.3 is 0 Å². The van der Waals surface area contributed by atoms with Gasteiger partial charge in [-0.25, -0.2) is 4.98 Å². The third-order valence-corrected chi connectivity index (χ3v) is 4.55. The first-order valence-electron chi connectivity index (χ1n) is 7.06. The first kappa shape index (κ1) is 14.0. The number of rotatable bonds is 2. The van der Waals surface area contributed by atoms with Gasteiger partial charge in [0.25, 0.3) is 5.56 Å². The number of benzene rings is 1. The Hall–Kier alpha value is -1.94. The monoisotopic (exact) mass is 298 g/mol. The minimum Gasteiger partial charge on any atom is -0.310 e. The van der Waals surface area contributed by atoms with E-state index in [0.717, 1.165) is 21.8 Å². The third-order valence-electron chi connectivity index (χ3n) is 3.68. The van der Waals surface area contributed by atoms with Gasteiger partial charge in [-0.05, 0) is 25.0 Å². The molecule has 0 unspecified atom stereocenters. The third kappa shape index (κ3) is 2.40. The van der Waals surface area contributed by atoms with Crippen LogP contribution in [0.4, 0.5) is 0 Å². The van der Waals surface area contributed by atoms with Crippen LogP contribution in [-0.2, 0) is 0 Å². The first-order chi connectivity index (χ1) is 9.97. The Kier molecular flexibility index (Phi) is 3.41. The Bertz CT molecular complexity index is 874. The van der Waals surface area contributed by atoms with Gasteiger partial charge in [0.15, 0.2) is 0 Å². The van der Waals surface area contributed by atoms with E-state index in [-0.39, 0.29) is 11.5 Å². The summed E-state index contributed by atoms with van der Waals surface area (Å²) in [4.78, 5) is 20.8. The van der Waals surface area contributed by atoms with E-state index in [9.17, 15) is 4.79 Å². The van der Waals surface area contributed by atoms with Crippen molar-refractivity contribution in [1.29, 1.82) is 0 Å². The molecule has 3 aromatic rings. The Morgan fingerprint density at radius 1 is 1.19 bits per heavy atom. The predicted molar refractivity (Wildman–Crippen MR) is 89.2 cm³/mol. The topological polar surface area (TPSA) is 45.8 Å². The summed E-state index contributed by atoms with van der Waals surface area (Å²) >= 11 is 1.54. The molecular weight excluding hydrogens is 280 g/mol. The van der Waals surface area contributed by atoms with Crippen LogP contribution in [0.1, 0.15) is 36.7 Å². The SMILES string of the molecule is Cc1ccc(-c2csc3nc(C(C)C)[nH]c(=O)c23)c(C)c1. The van der Waals surface area contributed by atoms with Crippen LogP contribution in [0.15, 0.2) is 28.4 Å². The zero-order chi connectivity index (χ0) is 15.1. The van der Waals surface area contributed by atoms with E-state index in [2.05, 4.69) is 42.0 Å². The molecule has 0 aliphatic rings. The molecule has 0 fully saturated rings. The van der Waals surface area contributed by atoms with Crippen LogP contribution in [0.3, 0.4) is 0 Å². The van der Waals surface area contributed by atoms with Gasteiger partial charge in [0, 0.05) is 16.9 Å². The van der Waals surface area contributed by atoms with Crippen molar-refractivity contribution in [1.82, 2.24) is 9.97 Å². The summed E-state index contributed by atoms with van der Waals surface area (Å²) in [5.41, 5.74) is 4.46. The second kappa shape index (κ2) is 5.11. The maximum atomic E-state index is 12.4. The number of hydrogen-bond donors (Lipinski definition) is 1. The van der Waals surface area contributed by atoms with Gasteiger partial charge in [-0.3, -0.25) is 4.79 Å². The van der Waals surface area contributed by atoms with Crippen LogP contribution in [0, 0.1) is 13.8 Å². The Morgan fingerprint density at radius 2 is 1.95 bits per heavy atom. The van der Waals surface area contributed by atoms with Gasteiger partial charge in [-0.15, -0.1) is 11.3 Å². The molecule has 0 atom stereocenters. The lowest BCUT2D eigenvalue weighted by Crippen LogP contribution is -2.12. The van der Waals surface area contributed by atoms with Gasteiger partial charge in [0.05, 0.1) is 5.39 Å². The van der Waals surface area contributed by atoms with Crippen LogP contribution in [0.25, 0.3) is 21.3 Å². The van der Waals surface area contributed by atoms with E-state index >= 15 is 0 Å². The van der Waals surface area contributed by atoms with Gasteiger partial charge in [0.1, 0.15) is 10.7 Å². The number of hydrogen-bond acceptors (Lipinski definition) is 3. The number of fused-ring (bicyclic) bond motifs is 1. The molecule has 108 valence electrons. The summed E-state index contributed by atoms with van der Waals surface area (Å²) in [5, 5.41) is 2.74. The molecule has 0 bridgehead atoms. The van der Waals surface area contributed by atoms with Crippen molar-refractivity contribution in [2.75, 3.05) is 0 Å². The number of nitrogens with zero attached hydrogens (tertiary/aromatic N) is 1. The maximum Gasteiger partial charge on any atom is 0.260 e. The van der Waals surface area contributed by atoms with E-state index in [1.807, 2.05) is 19.2 Å². The molecule has 1 aromatic carbocycles. The molecule has 0 aliphatic heterocycles. The highest BCUT2D eigenvalue weighted by atomic mass is 32.1. The average Bonchev–Trinajstić information content (AvgIpc) is 2.83. The molecule has 0 radical (unpaired) electrons. The molecule has 4 heteroatoms. The fourth-order valence-electron chi connectivity index (χ4n) is 2.55. The molecule has 0 amide bonds. The van der Waals surface area contributed by atoms with Gasteiger partial charge in [-0.2, -0.15) is 0 Å². The van der Waals surface area contributed by atoms with E-state index in [1.165, 1.54) is 22.5 Å². The minimum absolute atomic E-state index is 0.0417. The van der Waals surface area contributed by atoms with Crippen LogP contribution in [0.5, 0.6) is 0 Å². The summed E-state index contributed by atoms with van der Waals surface area (Å²) < 4.78 is 0. The van der Waals surface area contributed by atoms with E-state index in [1.54, 1.807) is 0 Å². The molecule has 3 nitrogen and oxygen atoms in total. The lowest BCUT2D eigenvalue weighted by atomic mass is 9.99. The molecule has 0 saturated carbocycles. The number of nitrogens with one attached hydrogen (secondary N) is 1. The summed E-state index contributed by atoms with van der Waals surface area (Å²) in [7, 11) is 0. The lowest BCUT2D eigenvalue weighted by molar-refractivity contribution is 0.778. The van der Waals surface area contributed by atoms with E-state index in [0.29, 0.717) is 5.39 Å². The number of thiophene rings is 1.